The molecule has 0 aromatic rings. The van der Waals surface area contributed by atoms with Gasteiger partial charge in [0.25, 0.3) is 0 Å². The first-order valence-corrected chi connectivity index (χ1v) is 13.6. The van der Waals surface area contributed by atoms with Gasteiger partial charge in [0.15, 0.2) is 28.6 Å². The molecule has 0 saturated heterocycles. The third-order valence-corrected chi connectivity index (χ3v) is 9.92. The Balaban J connectivity index is 1.76. The van der Waals surface area contributed by atoms with E-state index in [0.29, 0.717) is 0 Å². The summed E-state index contributed by atoms with van der Waals surface area (Å²) in [5.41, 5.74) is -6.84. The molecule has 8 nitrogen and oxygen atoms in total. The average Bonchev–Trinajstić information content (AvgIpc) is 3.07. The Kier molecular flexibility index (Phi) is 7.28. The molecule has 0 radical (unpaired) electrons. The number of rotatable bonds is 7. The quantitative estimate of drug-likeness (QED) is 0.377. The maximum absolute atomic E-state index is 17.4. The lowest BCUT2D eigenvalue weighted by Crippen LogP contribution is -2.71. The monoisotopic (exact) mass is 552 g/mol. The van der Waals surface area contributed by atoms with Crippen LogP contribution in [0.1, 0.15) is 59.8 Å². The minimum Gasteiger partial charge on any atom is -0.466 e. The van der Waals surface area contributed by atoms with Crippen LogP contribution in [0.15, 0.2) is 23.8 Å². The molecule has 2 unspecified atom stereocenters. The van der Waals surface area contributed by atoms with Gasteiger partial charge < -0.3 is 14.6 Å². The van der Waals surface area contributed by atoms with Crippen molar-refractivity contribution < 1.29 is 42.9 Å². The molecule has 0 aromatic carbocycles. The van der Waals surface area contributed by atoms with Crippen molar-refractivity contribution in [1.29, 1.82) is 0 Å². The summed E-state index contributed by atoms with van der Waals surface area (Å²) in [6.45, 7) is 6.71. The number of esters is 2. The number of aliphatic hydroxyl groups excluding tert-OH is 1. The van der Waals surface area contributed by atoms with Crippen LogP contribution in [0.3, 0.4) is 0 Å². The van der Waals surface area contributed by atoms with Gasteiger partial charge in [-0.15, -0.1) is 11.6 Å². The molecule has 4 aliphatic rings. The summed E-state index contributed by atoms with van der Waals surface area (Å²) in [7, 11) is 0. The van der Waals surface area contributed by atoms with E-state index >= 15 is 4.39 Å². The van der Waals surface area contributed by atoms with Crippen molar-refractivity contribution in [2.75, 3.05) is 12.5 Å². The number of hydrogen-bond donors (Lipinski definition) is 1. The van der Waals surface area contributed by atoms with Crippen LogP contribution in [-0.4, -0.2) is 64.3 Å². The lowest BCUT2D eigenvalue weighted by molar-refractivity contribution is -0.226. The molecule has 8 atom stereocenters. The third kappa shape index (κ3) is 3.75. The molecule has 0 aromatic heterocycles. The van der Waals surface area contributed by atoms with Crippen molar-refractivity contribution >= 4 is 40.9 Å². The highest BCUT2D eigenvalue weighted by Crippen LogP contribution is 2.71. The summed E-state index contributed by atoms with van der Waals surface area (Å²) >= 11 is 6.03. The molecular formula is C28H34ClFO8. The third-order valence-electron chi connectivity index (χ3n) is 9.67. The van der Waals surface area contributed by atoms with E-state index in [1.807, 2.05) is 0 Å². The van der Waals surface area contributed by atoms with Crippen LogP contribution in [0.5, 0.6) is 0 Å². The predicted octanol–water partition coefficient (Wildman–Crippen LogP) is 3.22. The van der Waals surface area contributed by atoms with Crippen LogP contribution in [0.2, 0.25) is 0 Å². The first-order valence-electron chi connectivity index (χ1n) is 13.0. The van der Waals surface area contributed by atoms with Gasteiger partial charge >= 0.3 is 11.9 Å². The van der Waals surface area contributed by atoms with Gasteiger partial charge in [0.2, 0.25) is 0 Å². The first-order chi connectivity index (χ1) is 17.7. The van der Waals surface area contributed by atoms with E-state index in [1.165, 1.54) is 19.1 Å². The van der Waals surface area contributed by atoms with Crippen molar-refractivity contribution in [3.05, 3.63) is 23.8 Å². The Morgan fingerprint density at radius 1 is 1.16 bits per heavy atom. The van der Waals surface area contributed by atoms with Crippen LogP contribution >= 0.6 is 11.6 Å². The molecule has 208 valence electrons. The molecule has 1 N–H and O–H groups in total. The second kappa shape index (κ2) is 9.66. The average molecular weight is 553 g/mol. The van der Waals surface area contributed by atoms with Gasteiger partial charge in [0.1, 0.15) is 0 Å². The van der Waals surface area contributed by atoms with E-state index < -0.39 is 75.3 Å². The molecule has 0 spiro atoms. The lowest BCUT2D eigenvalue weighted by Gasteiger charge is -2.62. The topological polar surface area (TPSA) is 124 Å². The smallest absolute Gasteiger partial charge is 0.307 e. The minimum absolute atomic E-state index is 0.0333. The standard InChI is InChI=1S/C28H34ClFO8/c1-5-37-23(35)6-7-24(36)38-28(22(34)14-29)15(2)10-17-18-12-20(32)19-11-16(31)8-9-25(19,3)27(18,30)21(33)13-26(17,28)4/h8-9,11,15,17-18,21,33H,5-7,10,12-14H2,1-4H3/t15?,17-,18-,21?,25-,26-,27-,28-/m0/s1. The van der Waals surface area contributed by atoms with Crippen molar-refractivity contribution in [2.45, 2.75) is 77.2 Å². The number of hydrogen-bond acceptors (Lipinski definition) is 8. The molecule has 0 amide bonds. The van der Waals surface area contributed by atoms with Gasteiger partial charge in [-0.2, -0.15) is 0 Å². The number of carbonyl (C=O) groups excluding carboxylic acids is 5. The van der Waals surface area contributed by atoms with Gasteiger partial charge in [-0.25, -0.2) is 4.39 Å². The number of aliphatic hydroxyl groups is 1. The zero-order valence-electron chi connectivity index (χ0n) is 22.1. The Morgan fingerprint density at radius 3 is 2.45 bits per heavy atom. The molecule has 4 rings (SSSR count). The fraction of sp³-hybridized carbons (Fsp3) is 0.679. The van der Waals surface area contributed by atoms with E-state index in [9.17, 15) is 29.1 Å². The highest BCUT2D eigenvalue weighted by Gasteiger charge is 2.77. The predicted molar refractivity (Wildman–Crippen MR) is 134 cm³/mol. The largest absolute Gasteiger partial charge is 0.466 e. The summed E-state index contributed by atoms with van der Waals surface area (Å²) in [6, 6.07) is 0. The van der Waals surface area contributed by atoms with E-state index in [1.54, 1.807) is 20.8 Å². The molecule has 10 heteroatoms. The summed E-state index contributed by atoms with van der Waals surface area (Å²) in [6.07, 6.45) is 1.27. The number of Topliss-reactive ketones (excluding diaryl/α,β-unsaturated/α-hetero) is 2. The van der Waals surface area contributed by atoms with Crippen molar-refractivity contribution in [3.63, 3.8) is 0 Å². The van der Waals surface area contributed by atoms with E-state index in [-0.39, 0.29) is 50.1 Å². The maximum atomic E-state index is 17.4. The highest BCUT2D eigenvalue weighted by atomic mass is 35.5. The molecule has 0 aliphatic heterocycles. The number of halogens is 2. The van der Waals surface area contributed by atoms with Crippen LogP contribution in [0.4, 0.5) is 4.39 Å². The van der Waals surface area contributed by atoms with Crippen molar-refractivity contribution in [2.24, 2.45) is 28.6 Å². The van der Waals surface area contributed by atoms with Crippen LogP contribution in [0.25, 0.3) is 0 Å². The number of fused-ring (bicyclic) bond motifs is 5. The molecule has 4 aliphatic carbocycles. The van der Waals surface area contributed by atoms with E-state index in [2.05, 4.69) is 0 Å². The van der Waals surface area contributed by atoms with Crippen molar-refractivity contribution in [3.8, 4) is 0 Å². The molecule has 3 fully saturated rings. The zero-order chi connectivity index (χ0) is 28.3. The number of alkyl halides is 2. The highest BCUT2D eigenvalue weighted by molar-refractivity contribution is 6.29. The van der Waals surface area contributed by atoms with Crippen LogP contribution in [-0.2, 0) is 33.4 Å². The fourth-order valence-corrected chi connectivity index (χ4v) is 8.19. The maximum Gasteiger partial charge on any atom is 0.307 e. The van der Waals surface area contributed by atoms with Gasteiger partial charge in [-0.3, -0.25) is 24.0 Å². The molecule has 0 bridgehead atoms. The normalized spacial score (nSPS) is 41.5. The second-order valence-electron chi connectivity index (χ2n) is 11.5. The molecule has 3 saturated carbocycles. The van der Waals surface area contributed by atoms with Gasteiger partial charge in [0, 0.05) is 29.2 Å². The first kappa shape index (κ1) is 28.6. The summed E-state index contributed by atoms with van der Waals surface area (Å²) < 4.78 is 28.2. The lowest BCUT2D eigenvalue weighted by atomic mass is 9.44. The Morgan fingerprint density at radius 2 is 1.82 bits per heavy atom. The van der Waals surface area contributed by atoms with E-state index in [4.69, 9.17) is 21.1 Å². The SMILES string of the molecule is CCOC(=O)CCC(=O)O[C@]1(C(=O)CCl)C(C)C[C@H]2[C@@H]3CC(=O)C4=CC(=O)C=C[C@]4(C)[C@@]3(F)C(O)C[C@@]21C. The Hall–Kier alpha value is -2.39. The fourth-order valence-electron chi connectivity index (χ4n) is 8.00. The van der Waals surface area contributed by atoms with Gasteiger partial charge in [-0.1, -0.05) is 19.9 Å². The second-order valence-corrected chi connectivity index (χ2v) is 11.7. The van der Waals surface area contributed by atoms with Crippen LogP contribution < -0.4 is 0 Å². The Labute approximate surface area is 225 Å². The number of ether oxygens (including phenoxy) is 2. The Bertz CT molecular complexity index is 1150. The molecule has 38 heavy (non-hydrogen) atoms. The van der Waals surface area contributed by atoms with E-state index in [0.717, 1.165) is 6.08 Å². The van der Waals surface area contributed by atoms with Gasteiger partial charge in [-0.05, 0) is 44.8 Å². The zero-order valence-corrected chi connectivity index (χ0v) is 22.8. The summed E-state index contributed by atoms with van der Waals surface area (Å²) in [5, 5.41) is 11.5. The summed E-state index contributed by atoms with van der Waals surface area (Å²) in [4.78, 5) is 63.6. The summed E-state index contributed by atoms with van der Waals surface area (Å²) in [5.74, 6) is -5.48. The number of ketones is 3. The number of carbonyl (C=O) groups is 5. The molecular weight excluding hydrogens is 519 g/mol. The minimum atomic E-state index is -2.30. The number of allylic oxidation sites excluding steroid dienone is 4. The van der Waals surface area contributed by atoms with Crippen molar-refractivity contribution in [1.82, 2.24) is 0 Å². The van der Waals surface area contributed by atoms with Crippen LogP contribution in [0, 0.1) is 28.6 Å². The molecule has 0 heterocycles. The van der Waals surface area contributed by atoms with Gasteiger partial charge in [0.05, 0.1) is 36.8 Å².